The van der Waals surface area contributed by atoms with Crippen LogP contribution in [0.25, 0.3) is 11.0 Å². The molecule has 7 heteroatoms. The fourth-order valence-electron chi connectivity index (χ4n) is 2.47. The third-order valence-electron chi connectivity index (χ3n) is 3.55. The van der Waals surface area contributed by atoms with Gasteiger partial charge in [-0.1, -0.05) is 28.1 Å². The van der Waals surface area contributed by atoms with Crippen LogP contribution in [0.3, 0.4) is 0 Å². The summed E-state index contributed by atoms with van der Waals surface area (Å²) in [4.78, 5) is 28.0. The molecule has 0 aliphatic carbocycles. The number of carboxylic acid groups (broad SMARTS) is 1. The van der Waals surface area contributed by atoms with Crippen LogP contribution in [-0.4, -0.2) is 20.6 Å². The van der Waals surface area contributed by atoms with E-state index in [0.29, 0.717) is 5.52 Å². The summed E-state index contributed by atoms with van der Waals surface area (Å²) in [5.41, 5.74) is 1.11. The first-order chi connectivity index (χ1) is 11.4. The van der Waals surface area contributed by atoms with E-state index in [1.54, 1.807) is 0 Å². The van der Waals surface area contributed by atoms with Gasteiger partial charge < -0.3 is 5.11 Å². The van der Waals surface area contributed by atoms with Crippen molar-refractivity contribution < 1.29 is 14.3 Å². The van der Waals surface area contributed by atoms with Crippen molar-refractivity contribution in [2.45, 2.75) is 13.0 Å². The average molecular weight is 391 g/mol. The van der Waals surface area contributed by atoms with Crippen LogP contribution in [0.4, 0.5) is 4.39 Å². The number of hydrogen-bond donors (Lipinski definition) is 1. The number of nitrogens with zero attached hydrogens (tertiary/aromatic N) is 2. The zero-order valence-corrected chi connectivity index (χ0v) is 14.0. The van der Waals surface area contributed by atoms with Gasteiger partial charge in [0.2, 0.25) is 0 Å². The Morgan fingerprint density at radius 2 is 1.92 bits per heavy atom. The van der Waals surface area contributed by atoms with Crippen molar-refractivity contribution in [1.82, 2.24) is 9.55 Å². The van der Waals surface area contributed by atoms with Crippen LogP contribution in [0.5, 0.6) is 0 Å². The Balaban J connectivity index is 2.16. The molecule has 0 saturated heterocycles. The van der Waals surface area contributed by atoms with Crippen LogP contribution in [0, 0.1) is 5.82 Å². The van der Waals surface area contributed by atoms with E-state index in [2.05, 4.69) is 20.9 Å². The highest BCUT2D eigenvalue weighted by atomic mass is 79.9. The fraction of sp³-hybridized carbons (Fsp3) is 0.118. The van der Waals surface area contributed by atoms with Crippen LogP contribution >= 0.6 is 15.9 Å². The third kappa shape index (κ3) is 3.35. The monoisotopic (exact) mass is 390 g/mol. The van der Waals surface area contributed by atoms with Crippen LogP contribution in [0.15, 0.2) is 51.7 Å². The normalized spacial score (nSPS) is 10.9. The summed E-state index contributed by atoms with van der Waals surface area (Å²) in [5, 5.41) is 9.05. The largest absolute Gasteiger partial charge is 0.480 e. The summed E-state index contributed by atoms with van der Waals surface area (Å²) in [6, 6.07) is 11.2. The number of rotatable bonds is 4. The molecule has 0 aliphatic heterocycles. The van der Waals surface area contributed by atoms with E-state index >= 15 is 0 Å². The van der Waals surface area contributed by atoms with Crippen molar-refractivity contribution in [1.29, 1.82) is 0 Å². The van der Waals surface area contributed by atoms with Gasteiger partial charge >= 0.3 is 5.97 Å². The predicted octanol–water partition coefficient (Wildman–Crippen LogP) is 2.97. The Bertz CT molecular complexity index is 984. The van der Waals surface area contributed by atoms with Gasteiger partial charge in [-0.2, -0.15) is 0 Å². The molecule has 0 bridgehead atoms. The highest BCUT2D eigenvalue weighted by Gasteiger charge is 2.14. The minimum atomic E-state index is -1.18. The van der Waals surface area contributed by atoms with Crippen molar-refractivity contribution in [3.05, 3.63) is 74.4 Å². The number of hydrogen-bond acceptors (Lipinski definition) is 3. The second-order valence-corrected chi connectivity index (χ2v) is 6.20. The molecule has 0 radical (unpaired) electrons. The standard InChI is InChI=1S/C17H12BrFN2O3/c18-11-3-1-10(2-4-11)7-14-17(24)21(9-16(22)23)15-8-12(19)5-6-13(15)20-14/h1-6,8H,7,9H2,(H,22,23). The minimum absolute atomic E-state index is 0.168. The molecule has 122 valence electrons. The van der Waals surface area contributed by atoms with Crippen LogP contribution in [0.1, 0.15) is 11.3 Å². The van der Waals surface area contributed by atoms with E-state index in [4.69, 9.17) is 5.11 Å². The summed E-state index contributed by atoms with van der Waals surface area (Å²) in [7, 11) is 0. The van der Waals surface area contributed by atoms with Gasteiger partial charge in [0, 0.05) is 10.9 Å². The molecule has 0 unspecified atom stereocenters. The van der Waals surface area contributed by atoms with E-state index in [1.807, 2.05) is 24.3 Å². The van der Waals surface area contributed by atoms with Gasteiger partial charge in [-0.05, 0) is 35.9 Å². The first-order valence-electron chi connectivity index (χ1n) is 7.09. The highest BCUT2D eigenvalue weighted by Crippen LogP contribution is 2.16. The summed E-state index contributed by atoms with van der Waals surface area (Å²) in [6.07, 6.45) is 0.263. The maximum absolute atomic E-state index is 13.5. The van der Waals surface area contributed by atoms with Crippen LogP contribution in [-0.2, 0) is 17.8 Å². The van der Waals surface area contributed by atoms with Crippen molar-refractivity contribution in [2.24, 2.45) is 0 Å². The number of carboxylic acids is 1. The number of fused-ring (bicyclic) bond motifs is 1. The zero-order chi connectivity index (χ0) is 17.3. The molecule has 3 rings (SSSR count). The molecule has 0 saturated carbocycles. The quantitative estimate of drug-likeness (QED) is 0.743. The first kappa shape index (κ1) is 16.3. The molecule has 0 aliphatic rings. The Labute approximate surface area is 144 Å². The Morgan fingerprint density at radius 3 is 2.58 bits per heavy atom. The molecule has 1 aromatic heterocycles. The number of aliphatic carboxylic acids is 1. The highest BCUT2D eigenvalue weighted by molar-refractivity contribution is 9.10. The molecule has 1 N–H and O–H groups in total. The summed E-state index contributed by atoms with van der Waals surface area (Å²) in [5.74, 6) is -1.73. The lowest BCUT2D eigenvalue weighted by Gasteiger charge is -2.11. The second kappa shape index (κ2) is 6.52. The number of carbonyl (C=O) groups is 1. The lowest BCUT2D eigenvalue weighted by Crippen LogP contribution is -2.29. The minimum Gasteiger partial charge on any atom is -0.480 e. The molecule has 1 heterocycles. The number of benzene rings is 2. The summed E-state index contributed by atoms with van der Waals surface area (Å²) >= 11 is 3.34. The van der Waals surface area contributed by atoms with E-state index in [9.17, 15) is 14.0 Å². The lowest BCUT2D eigenvalue weighted by molar-refractivity contribution is -0.137. The maximum atomic E-state index is 13.5. The molecule has 0 spiro atoms. The summed E-state index contributed by atoms with van der Waals surface area (Å²) < 4.78 is 15.4. The smallest absolute Gasteiger partial charge is 0.323 e. The SMILES string of the molecule is O=C(O)Cn1c(=O)c(Cc2ccc(Br)cc2)nc2ccc(F)cc21. The molecule has 24 heavy (non-hydrogen) atoms. The second-order valence-electron chi connectivity index (χ2n) is 5.28. The predicted molar refractivity (Wildman–Crippen MR) is 90.5 cm³/mol. The zero-order valence-electron chi connectivity index (χ0n) is 12.4. The molecule has 0 amide bonds. The fourth-order valence-corrected chi connectivity index (χ4v) is 2.73. The first-order valence-corrected chi connectivity index (χ1v) is 7.88. The molecule has 5 nitrogen and oxygen atoms in total. The van der Waals surface area contributed by atoms with Crippen LogP contribution in [0.2, 0.25) is 0 Å². The van der Waals surface area contributed by atoms with Crippen molar-refractivity contribution in [3.63, 3.8) is 0 Å². The molecule has 2 aromatic carbocycles. The van der Waals surface area contributed by atoms with Gasteiger partial charge in [0.1, 0.15) is 18.1 Å². The molecular weight excluding hydrogens is 379 g/mol. The van der Waals surface area contributed by atoms with Gasteiger partial charge in [0.05, 0.1) is 11.0 Å². The van der Waals surface area contributed by atoms with Crippen molar-refractivity contribution in [3.8, 4) is 0 Å². The van der Waals surface area contributed by atoms with Gasteiger partial charge in [0.25, 0.3) is 5.56 Å². The number of halogens is 2. The van der Waals surface area contributed by atoms with E-state index in [1.165, 1.54) is 12.1 Å². The van der Waals surface area contributed by atoms with Gasteiger partial charge in [-0.25, -0.2) is 9.37 Å². The van der Waals surface area contributed by atoms with Crippen molar-refractivity contribution >= 4 is 32.9 Å². The Morgan fingerprint density at radius 1 is 1.21 bits per heavy atom. The lowest BCUT2D eigenvalue weighted by atomic mass is 10.1. The van der Waals surface area contributed by atoms with E-state index in [0.717, 1.165) is 20.7 Å². The van der Waals surface area contributed by atoms with Gasteiger partial charge in [-0.15, -0.1) is 0 Å². The van der Waals surface area contributed by atoms with Gasteiger partial charge in [-0.3, -0.25) is 14.2 Å². The van der Waals surface area contributed by atoms with E-state index < -0.39 is 23.9 Å². The molecule has 3 aromatic rings. The van der Waals surface area contributed by atoms with E-state index in [-0.39, 0.29) is 17.6 Å². The Hall–Kier alpha value is -2.54. The Kier molecular flexibility index (Phi) is 4.44. The molecular formula is C17H12BrFN2O3. The number of aromatic nitrogens is 2. The summed E-state index contributed by atoms with van der Waals surface area (Å²) in [6.45, 7) is -0.547. The van der Waals surface area contributed by atoms with Crippen molar-refractivity contribution in [2.75, 3.05) is 0 Å². The van der Waals surface area contributed by atoms with Crippen LogP contribution < -0.4 is 5.56 Å². The van der Waals surface area contributed by atoms with Gasteiger partial charge in [0.15, 0.2) is 0 Å². The average Bonchev–Trinajstić information content (AvgIpc) is 2.54. The maximum Gasteiger partial charge on any atom is 0.323 e. The molecule has 0 atom stereocenters. The molecule has 0 fully saturated rings. The third-order valence-corrected chi connectivity index (χ3v) is 4.08. The topological polar surface area (TPSA) is 72.2 Å².